The Morgan fingerprint density at radius 1 is 1.12 bits per heavy atom. The number of nitrogens with zero attached hydrogens (tertiary/aromatic N) is 1. The summed E-state index contributed by atoms with van der Waals surface area (Å²) >= 11 is 9.03. The molecule has 2 aromatic carbocycles. The molecule has 0 saturated carbocycles. The van der Waals surface area contributed by atoms with Crippen LogP contribution >= 0.6 is 28.1 Å². The number of nitrogens with two attached hydrogens (primary N) is 1. The number of hydrogen-bond donors (Lipinski definition) is 1. The fraction of sp³-hybridized carbons (Fsp3) is 0.300. The largest absolute Gasteiger partial charge is 0.489 e. The summed E-state index contributed by atoms with van der Waals surface area (Å²) in [5.74, 6) is 0.582. The summed E-state index contributed by atoms with van der Waals surface area (Å²) in [6.07, 6.45) is 1.54. The van der Waals surface area contributed by atoms with Gasteiger partial charge in [0.1, 0.15) is 17.3 Å². The summed E-state index contributed by atoms with van der Waals surface area (Å²) in [4.78, 5) is 14.2. The lowest BCUT2D eigenvalue weighted by atomic mass is 9.96. The highest BCUT2D eigenvalue weighted by Gasteiger charge is 2.24. The fourth-order valence-electron chi connectivity index (χ4n) is 2.99. The van der Waals surface area contributed by atoms with E-state index in [4.69, 9.17) is 22.7 Å². The number of thiocarbonyl (C=S) groups is 1. The Bertz CT molecular complexity index is 769. The van der Waals surface area contributed by atoms with Crippen molar-refractivity contribution in [3.63, 3.8) is 0 Å². The average Bonchev–Trinajstić information content (AvgIpc) is 2.67. The molecule has 4 nitrogen and oxygen atoms in total. The van der Waals surface area contributed by atoms with Crippen LogP contribution in [0.5, 0.6) is 5.75 Å². The third-order valence-corrected chi connectivity index (χ3v) is 5.63. The topological polar surface area (TPSA) is 55.6 Å². The van der Waals surface area contributed by atoms with Gasteiger partial charge in [0.25, 0.3) is 0 Å². The standard InChI is InChI=1S/C20H21BrN2O2S/c21-17-5-1-14(2-6-17)13-25-18-7-3-16(4-8-18)20(26)23-11-9-15(10-12-23)19(22)24/h1-8,15H,9-13H2,(H2,22,24). The number of likely N-dealkylation sites (tertiary alicyclic amines) is 1. The minimum atomic E-state index is -0.206. The third kappa shape index (κ3) is 4.83. The van der Waals surface area contributed by atoms with Gasteiger partial charge in [0.2, 0.25) is 5.91 Å². The number of carbonyl (C=O) groups is 1. The molecule has 26 heavy (non-hydrogen) atoms. The van der Waals surface area contributed by atoms with Gasteiger partial charge in [-0.05, 0) is 54.8 Å². The second-order valence-corrected chi connectivity index (χ2v) is 7.71. The van der Waals surface area contributed by atoms with Crippen LogP contribution in [0.2, 0.25) is 0 Å². The molecule has 1 aliphatic rings. The maximum Gasteiger partial charge on any atom is 0.220 e. The van der Waals surface area contributed by atoms with Crippen molar-refractivity contribution in [3.05, 3.63) is 64.1 Å². The van der Waals surface area contributed by atoms with Gasteiger partial charge < -0.3 is 15.4 Å². The Hall–Kier alpha value is -1.92. The van der Waals surface area contributed by atoms with Crippen LogP contribution in [-0.4, -0.2) is 28.9 Å². The van der Waals surface area contributed by atoms with Crippen LogP contribution in [-0.2, 0) is 11.4 Å². The zero-order chi connectivity index (χ0) is 18.5. The highest BCUT2D eigenvalue weighted by Crippen LogP contribution is 2.21. The van der Waals surface area contributed by atoms with E-state index in [1.165, 1.54) is 0 Å². The van der Waals surface area contributed by atoms with E-state index >= 15 is 0 Å². The maximum absolute atomic E-state index is 11.3. The Kier molecular flexibility index (Phi) is 6.27. The molecule has 0 aliphatic carbocycles. The van der Waals surface area contributed by atoms with E-state index in [1.807, 2.05) is 48.5 Å². The highest BCUT2D eigenvalue weighted by molar-refractivity contribution is 9.10. The molecule has 1 saturated heterocycles. The van der Waals surface area contributed by atoms with Gasteiger partial charge in [0.15, 0.2) is 0 Å². The highest BCUT2D eigenvalue weighted by atomic mass is 79.9. The first-order valence-electron chi connectivity index (χ1n) is 8.59. The molecule has 1 heterocycles. The summed E-state index contributed by atoms with van der Waals surface area (Å²) in [6.45, 7) is 2.07. The lowest BCUT2D eigenvalue weighted by Gasteiger charge is -2.32. The molecule has 1 amide bonds. The number of primary amides is 1. The van der Waals surface area contributed by atoms with Crippen molar-refractivity contribution < 1.29 is 9.53 Å². The van der Waals surface area contributed by atoms with Crippen molar-refractivity contribution in [2.24, 2.45) is 11.7 Å². The number of carbonyl (C=O) groups excluding carboxylic acids is 1. The van der Waals surface area contributed by atoms with E-state index in [0.29, 0.717) is 6.61 Å². The molecule has 0 aromatic heterocycles. The molecule has 0 bridgehead atoms. The molecule has 1 fully saturated rings. The molecule has 0 spiro atoms. The number of ether oxygens (including phenoxy) is 1. The molecule has 2 N–H and O–H groups in total. The predicted molar refractivity (Wildman–Crippen MR) is 110 cm³/mol. The summed E-state index contributed by atoms with van der Waals surface area (Å²) in [5, 5.41) is 0. The maximum atomic E-state index is 11.3. The molecule has 2 aromatic rings. The van der Waals surface area contributed by atoms with Crippen molar-refractivity contribution in [2.75, 3.05) is 13.1 Å². The first-order chi connectivity index (χ1) is 12.5. The van der Waals surface area contributed by atoms with E-state index in [9.17, 15) is 4.79 Å². The number of halogens is 1. The fourth-order valence-corrected chi connectivity index (χ4v) is 3.57. The first-order valence-corrected chi connectivity index (χ1v) is 9.79. The van der Waals surface area contributed by atoms with Gasteiger partial charge >= 0.3 is 0 Å². The second-order valence-electron chi connectivity index (χ2n) is 6.41. The molecule has 136 valence electrons. The zero-order valence-corrected chi connectivity index (χ0v) is 16.8. The quantitative estimate of drug-likeness (QED) is 0.727. The Morgan fingerprint density at radius 2 is 1.73 bits per heavy atom. The van der Waals surface area contributed by atoms with Crippen molar-refractivity contribution in [2.45, 2.75) is 19.4 Å². The molecular formula is C20H21BrN2O2S. The smallest absolute Gasteiger partial charge is 0.220 e. The van der Waals surface area contributed by atoms with Crippen LogP contribution in [0.15, 0.2) is 53.0 Å². The van der Waals surface area contributed by atoms with Crippen LogP contribution in [0.25, 0.3) is 0 Å². The minimum Gasteiger partial charge on any atom is -0.489 e. The van der Waals surface area contributed by atoms with Crippen LogP contribution < -0.4 is 10.5 Å². The van der Waals surface area contributed by atoms with E-state index in [2.05, 4.69) is 20.8 Å². The van der Waals surface area contributed by atoms with Gasteiger partial charge in [-0.1, -0.05) is 40.3 Å². The van der Waals surface area contributed by atoms with Crippen molar-refractivity contribution in [1.82, 2.24) is 4.90 Å². The lowest BCUT2D eigenvalue weighted by molar-refractivity contribution is -0.122. The van der Waals surface area contributed by atoms with Crippen LogP contribution in [0.1, 0.15) is 24.0 Å². The summed E-state index contributed by atoms with van der Waals surface area (Å²) in [6, 6.07) is 15.9. The molecular weight excluding hydrogens is 412 g/mol. The number of amides is 1. The normalized spacial score (nSPS) is 14.9. The summed E-state index contributed by atoms with van der Waals surface area (Å²) in [7, 11) is 0. The van der Waals surface area contributed by atoms with Gasteiger partial charge in [0.05, 0.1) is 0 Å². The van der Waals surface area contributed by atoms with Crippen molar-refractivity contribution in [1.29, 1.82) is 0 Å². The summed E-state index contributed by atoms with van der Waals surface area (Å²) in [5.41, 5.74) is 7.50. The Balaban J connectivity index is 1.54. The van der Waals surface area contributed by atoms with Crippen LogP contribution in [0.3, 0.4) is 0 Å². The number of benzene rings is 2. The van der Waals surface area contributed by atoms with Crippen molar-refractivity contribution >= 4 is 39.0 Å². The van der Waals surface area contributed by atoms with E-state index in [0.717, 1.165) is 52.3 Å². The predicted octanol–water partition coefficient (Wildman–Crippen LogP) is 3.90. The SMILES string of the molecule is NC(=O)C1CCN(C(=S)c2ccc(OCc3ccc(Br)cc3)cc2)CC1. The van der Waals surface area contributed by atoms with Gasteiger partial charge in [0, 0.05) is 29.0 Å². The minimum absolute atomic E-state index is 0.0246. The number of rotatable bonds is 5. The number of hydrogen-bond acceptors (Lipinski definition) is 3. The van der Waals surface area contributed by atoms with Gasteiger partial charge in [-0.2, -0.15) is 0 Å². The van der Waals surface area contributed by atoms with Gasteiger partial charge in [-0.15, -0.1) is 0 Å². The zero-order valence-electron chi connectivity index (χ0n) is 14.4. The third-order valence-electron chi connectivity index (χ3n) is 4.60. The van der Waals surface area contributed by atoms with Gasteiger partial charge in [-0.3, -0.25) is 4.79 Å². The second kappa shape index (κ2) is 8.64. The number of piperidine rings is 1. The molecule has 3 rings (SSSR count). The average molecular weight is 433 g/mol. The van der Waals surface area contributed by atoms with Crippen molar-refractivity contribution in [3.8, 4) is 5.75 Å². The van der Waals surface area contributed by atoms with Gasteiger partial charge in [-0.25, -0.2) is 0 Å². The summed E-state index contributed by atoms with van der Waals surface area (Å²) < 4.78 is 6.88. The van der Waals surface area contributed by atoms with E-state index in [-0.39, 0.29) is 11.8 Å². The van der Waals surface area contributed by atoms with Crippen LogP contribution in [0, 0.1) is 5.92 Å². The molecule has 0 atom stereocenters. The monoisotopic (exact) mass is 432 g/mol. The lowest BCUT2D eigenvalue weighted by Crippen LogP contribution is -2.41. The van der Waals surface area contributed by atoms with E-state index in [1.54, 1.807) is 0 Å². The van der Waals surface area contributed by atoms with Crippen LogP contribution in [0.4, 0.5) is 0 Å². The first kappa shape index (κ1) is 18.9. The Labute approximate surface area is 167 Å². The molecule has 1 aliphatic heterocycles. The van der Waals surface area contributed by atoms with E-state index < -0.39 is 0 Å². The molecule has 0 unspecified atom stereocenters. The Morgan fingerprint density at radius 3 is 2.31 bits per heavy atom. The molecule has 6 heteroatoms. The molecule has 0 radical (unpaired) electrons.